The number of amides is 1. The number of rotatable bonds is 4. The van der Waals surface area contributed by atoms with E-state index in [-0.39, 0.29) is 29.2 Å². The molecule has 0 spiro atoms. The summed E-state index contributed by atoms with van der Waals surface area (Å²) in [6.45, 7) is 5.80. The van der Waals surface area contributed by atoms with Gasteiger partial charge in [-0.1, -0.05) is 19.6 Å². The number of aliphatic imine (C=N–C) groups is 1. The van der Waals surface area contributed by atoms with Crippen LogP contribution in [0, 0.1) is 17.8 Å². The molecule has 1 fully saturated rings. The zero-order valence-electron chi connectivity index (χ0n) is 16.9. The summed E-state index contributed by atoms with van der Waals surface area (Å²) in [7, 11) is 1.30. The number of carbonyl (C=O) groups is 3. The minimum atomic E-state index is -0.846. The van der Waals surface area contributed by atoms with Crippen molar-refractivity contribution in [1.29, 1.82) is 0 Å². The molecule has 30 heavy (non-hydrogen) atoms. The second-order valence-electron chi connectivity index (χ2n) is 7.72. The molecular formula is C22H23N3O4S. The van der Waals surface area contributed by atoms with E-state index >= 15 is 0 Å². The van der Waals surface area contributed by atoms with E-state index < -0.39 is 11.9 Å². The minimum Gasteiger partial charge on any atom is -0.468 e. The maximum atomic E-state index is 12.9. The van der Waals surface area contributed by atoms with Crippen LogP contribution in [-0.4, -0.2) is 30.6 Å². The predicted molar refractivity (Wildman–Crippen MR) is 116 cm³/mol. The van der Waals surface area contributed by atoms with Crippen molar-refractivity contribution in [2.24, 2.45) is 22.7 Å². The number of thiophene rings is 1. The quantitative estimate of drug-likeness (QED) is 0.720. The van der Waals surface area contributed by atoms with Crippen molar-refractivity contribution >= 4 is 46.6 Å². The van der Waals surface area contributed by atoms with Gasteiger partial charge in [0.05, 0.1) is 24.1 Å². The fourth-order valence-electron chi connectivity index (χ4n) is 3.52. The number of carbonyl (C=O) groups excluding carboxylic acids is 3. The Labute approximate surface area is 178 Å². The second kappa shape index (κ2) is 8.02. The summed E-state index contributed by atoms with van der Waals surface area (Å²) in [4.78, 5) is 42.7. The molecule has 1 aromatic rings. The Bertz CT molecular complexity index is 1030. The van der Waals surface area contributed by atoms with Crippen LogP contribution in [0.2, 0.25) is 0 Å². The van der Waals surface area contributed by atoms with E-state index in [0.717, 1.165) is 17.7 Å². The van der Waals surface area contributed by atoms with Gasteiger partial charge in [0.25, 0.3) is 0 Å². The van der Waals surface area contributed by atoms with Crippen LogP contribution in [-0.2, 0) is 14.3 Å². The fraction of sp³-hybridized carbons (Fsp3) is 0.364. The first kappa shape index (κ1) is 20.3. The molecule has 7 nitrogen and oxygen atoms in total. The van der Waals surface area contributed by atoms with Gasteiger partial charge in [-0.05, 0) is 25.3 Å². The van der Waals surface area contributed by atoms with Crippen molar-refractivity contribution in [1.82, 2.24) is 5.32 Å². The largest absolute Gasteiger partial charge is 0.468 e. The maximum absolute atomic E-state index is 12.9. The summed E-state index contributed by atoms with van der Waals surface area (Å²) in [5.74, 6) is -1.19. The summed E-state index contributed by atoms with van der Waals surface area (Å²) in [6.07, 6.45) is 8.01. The number of anilines is 1. The van der Waals surface area contributed by atoms with E-state index in [4.69, 9.17) is 4.74 Å². The monoisotopic (exact) mass is 425 g/mol. The number of fused-ring (bicyclic) bond motifs is 1. The molecule has 0 radical (unpaired) electrons. The molecule has 1 saturated carbocycles. The standard InChI is InChI=1S/C22H23N3O4S/c1-11-5-4-6-16-19(20(11)26)15(10-30-16)24-14-9-17(25-21(27)13-7-8-13)23-12(2)18(14)22(28)29-3/h4,6,9-11,13,18,24H,2,5,7-8H2,1,3H3,(H,23,25,27). The van der Waals surface area contributed by atoms with Gasteiger partial charge in [-0.3, -0.25) is 14.4 Å². The minimum absolute atomic E-state index is 0.0163. The lowest BCUT2D eigenvalue weighted by atomic mass is 9.96. The lowest BCUT2D eigenvalue weighted by Crippen LogP contribution is -2.35. The Morgan fingerprint density at radius 2 is 2.10 bits per heavy atom. The van der Waals surface area contributed by atoms with Gasteiger partial charge >= 0.3 is 5.97 Å². The van der Waals surface area contributed by atoms with Gasteiger partial charge in [0.2, 0.25) is 5.91 Å². The maximum Gasteiger partial charge on any atom is 0.320 e. The summed E-state index contributed by atoms with van der Waals surface area (Å²) < 4.78 is 4.93. The first-order chi connectivity index (χ1) is 14.4. The van der Waals surface area contributed by atoms with Crippen molar-refractivity contribution in [2.75, 3.05) is 12.4 Å². The van der Waals surface area contributed by atoms with Gasteiger partial charge in [-0.25, -0.2) is 4.99 Å². The lowest BCUT2D eigenvalue weighted by Gasteiger charge is -2.24. The van der Waals surface area contributed by atoms with Crippen LogP contribution in [0.15, 0.2) is 40.5 Å². The molecule has 2 unspecified atom stereocenters. The Morgan fingerprint density at radius 1 is 1.33 bits per heavy atom. The number of allylic oxidation sites excluding steroid dienone is 1. The van der Waals surface area contributed by atoms with Crippen LogP contribution < -0.4 is 10.6 Å². The van der Waals surface area contributed by atoms with E-state index in [0.29, 0.717) is 29.2 Å². The van der Waals surface area contributed by atoms with Crippen LogP contribution in [0.1, 0.15) is 41.4 Å². The molecule has 2 atom stereocenters. The molecule has 4 rings (SSSR count). The number of dihydropyridines is 1. The molecule has 2 N–H and O–H groups in total. The average Bonchev–Trinajstić information content (AvgIpc) is 3.50. The number of nitrogens with zero attached hydrogens (tertiary/aromatic N) is 1. The number of hydrogen-bond donors (Lipinski definition) is 2. The highest BCUT2D eigenvalue weighted by atomic mass is 32.1. The van der Waals surface area contributed by atoms with E-state index in [1.807, 2.05) is 24.5 Å². The molecule has 1 amide bonds. The second-order valence-corrected chi connectivity index (χ2v) is 8.64. The lowest BCUT2D eigenvalue weighted by molar-refractivity contribution is -0.142. The van der Waals surface area contributed by atoms with Crippen LogP contribution in [0.25, 0.3) is 6.08 Å². The van der Waals surface area contributed by atoms with Crippen molar-refractivity contribution in [2.45, 2.75) is 26.2 Å². The Morgan fingerprint density at radius 3 is 2.80 bits per heavy atom. The number of Topliss-reactive ketones (excluding diaryl/α,β-unsaturated/α-hetero) is 1. The molecule has 0 saturated heterocycles. The number of amidine groups is 1. The first-order valence-electron chi connectivity index (χ1n) is 9.86. The summed E-state index contributed by atoms with van der Waals surface area (Å²) in [5.41, 5.74) is 1.96. The highest BCUT2D eigenvalue weighted by Crippen LogP contribution is 2.37. The van der Waals surface area contributed by atoms with Gasteiger partial charge < -0.3 is 15.4 Å². The SMILES string of the molecule is C=C1N=C(NC(=O)C2CC2)C=C(Nc2csc3c2C(=O)C(C)CC=C3)C1C(=O)OC. The third-order valence-corrected chi connectivity index (χ3v) is 6.34. The number of methoxy groups -OCH3 is 1. The number of nitrogens with one attached hydrogen (secondary N) is 2. The Hall–Kier alpha value is -3.00. The smallest absolute Gasteiger partial charge is 0.320 e. The fourth-order valence-corrected chi connectivity index (χ4v) is 4.44. The molecule has 0 bridgehead atoms. The summed E-state index contributed by atoms with van der Waals surface area (Å²) in [6, 6.07) is 0. The highest BCUT2D eigenvalue weighted by Gasteiger charge is 2.35. The Kier molecular flexibility index (Phi) is 5.42. The molecule has 0 aromatic carbocycles. The number of esters is 1. The molecule has 2 heterocycles. The molecule has 156 valence electrons. The van der Waals surface area contributed by atoms with Crippen LogP contribution in [0.5, 0.6) is 0 Å². The van der Waals surface area contributed by atoms with Gasteiger partial charge in [0, 0.05) is 33.9 Å². The molecule has 2 aliphatic carbocycles. The van der Waals surface area contributed by atoms with Crippen molar-refractivity contribution in [3.8, 4) is 0 Å². The highest BCUT2D eigenvalue weighted by molar-refractivity contribution is 7.11. The predicted octanol–water partition coefficient (Wildman–Crippen LogP) is 3.52. The van der Waals surface area contributed by atoms with E-state index in [1.54, 1.807) is 6.08 Å². The van der Waals surface area contributed by atoms with Crippen molar-refractivity contribution < 1.29 is 19.1 Å². The van der Waals surface area contributed by atoms with Crippen LogP contribution >= 0.6 is 11.3 Å². The first-order valence-corrected chi connectivity index (χ1v) is 10.7. The zero-order valence-corrected chi connectivity index (χ0v) is 17.7. The third-order valence-electron chi connectivity index (χ3n) is 5.39. The van der Waals surface area contributed by atoms with Crippen molar-refractivity contribution in [3.05, 3.63) is 45.9 Å². The summed E-state index contributed by atoms with van der Waals surface area (Å²) >= 11 is 1.46. The summed E-state index contributed by atoms with van der Waals surface area (Å²) in [5, 5.41) is 7.89. The van der Waals surface area contributed by atoms with Crippen LogP contribution in [0.3, 0.4) is 0 Å². The number of ketones is 1. The van der Waals surface area contributed by atoms with Gasteiger partial charge in [-0.15, -0.1) is 11.3 Å². The van der Waals surface area contributed by atoms with Crippen LogP contribution in [0.4, 0.5) is 5.69 Å². The average molecular weight is 426 g/mol. The van der Waals surface area contributed by atoms with E-state index in [2.05, 4.69) is 22.2 Å². The van der Waals surface area contributed by atoms with Crippen molar-refractivity contribution in [3.63, 3.8) is 0 Å². The number of ether oxygens (including phenoxy) is 1. The molecule has 1 aliphatic heterocycles. The molecule has 1 aromatic heterocycles. The Balaban J connectivity index is 1.67. The molecule has 3 aliphatic rings. The van der Waals surface area contributed by atoms with Gasteiger partial charge in [-0.2, -0.15) is 0 Å². The topological polar surface area (TPSA) is 96.9 Å². The van der Waals surface area contributed by atoms with Gasteiger partial charge in [0.15, 0.2) is 5.78 Å². The third kappa shape index (κ3) is 3.87. The van der Waals surface area contributed by atoms with E-state index in [1.165, 1.54) is 18.4 Å². The zero-order chi connectivity index (χ0) is 21.4. The number of hydrogen-bond acceptors (Lipinski definition) is 7. The normalized spacial score (nSPS) is 23.1. The van der Waals surface area contributed by atoms with Gasteiger partial charge in [0.1, 0.15) is 11.8 Å². The molecular weight excluding hydrogens is 402 g/mol. The molecule has 8 heteroatoms. The van der Waals surface area contributed by atoms with E-state index in [9.17, 15) is 14.4 Å².